The van der Waals surface area contributed by atoms with Gasteiger partial charge in [0.1, 0.15) is 30.5 Å². The van der Waals surface area contributed by atoms with Gasteiger partial charge in [-0.05, 0) is 12.8 Å². The molecule has 8 atom stereocenters. The summed E-state index contributed by atoms with van der Waals surface area (Å²) in [4.78, 5) is 13.1. The van der Waals surface area contributed by atoms with E-state index in [4.69, 9.17) is 9.47 Å². The smallest absolute Gasteiger partial charge is 0.394 e. The molecule has 1 rings (SSSR count). The van der Waals surface area contributed by atoms with Crippen LogP contribution in [0.4, 0.5) is 0 Å². The molecule has 1 amide bonds. The molecule has 1 heterocycles. The zero-order valence-electron chi connectivity index (χ0n) is 37.2. The lowest BCUT2D eigenvalue weighted by atomic mass is 9.99. The van der Waals surface area contributed by atoms with Crippen LogP contribution in [-0.2, 0) is 28.9 Å². The van der Waals surface area contributed by atoms with Gasteiger partial charge in [-0.2, -0.15) is 8.42 Å². The SMILES string of the molecule is CCCCCCCCCCCCCCCCCCCCC(O)C(COC1OC(CO)C(O)C(OS(=O)(=O)O)C1O)NC(=O)C(O)CCCCCCCCCCCCCC. The summed E-state index contributed by atoms with van der Waals surface area (Å²) < 4.78 is 47.6. The molecule has 0 aromatic carbocycles. The van der Waals surface area contributed by atoms with Crippen LogP contribution < -0.4 is 5.32 Å². The van der Waals surface area contributed by atoms with Crippen LogP contribution in [0.2, 0.25) is 0 Å². The summed E-state index contributed by atoms with van der Waals surface area (Å²) in [7, 11) is -5.10. The quantitative estimate of drug-likeness (QED) is 0.0228. The minimum absolute atomic E-state index is 0.265. The van der Waals surface area contributed by atoms with Gasteiger partial charge in [-0.25, -0.2) is 4.18 Å². The Bertz CT molecular complexity index is 1090. The minimum Gasteiger partial charge on any atom is -0.394 e. The van der Waals surface area contributed by atoms with Gasteiger partial charge >= 0.3 is 10.4 Å². The van der Waals surface area contributed by atoms with Crippen molar-refractivity contribution >= 4 is 16.3 Å². The number of unbranched alkanes of at least 4 members (excludes halogenated alkanes) is 28. The average Bonchev–Trinajstić information content (AvgIpc) is 3.20. The number of aliphatic hydroxyl groups is 5. The van der Waals surface area contributed by atoms with E-state index < -0.39 is 78.5 Å². The highest BCUT2D eigenvalue weighted by Gasteiger charge is 2.48. The summed E-state index contributed by atoms with van der Waals surface area (Å²) in [6.45, 7) is 3.28. The second-order valence-corrected chi connectivity index (χ2v) is 18.3. The number of carbonyl (C=O) groups excluding carboxylic acids is 1. The monoisotopic (exact) mass is 868 g/mol. The molecule has 1 aliphatic rings. The second-order valence-electron chi connectivity index (χ2n) is 17.2. The lowest BCUT2D eigenvalue weighted by molar-refractivity contribution is -0.298. The predicted octanol–water partition coefficient (Wildman–Crippen LogP) is 8.36. The Kier molecular flexibility index (Phi) is 34.7. The Labute approximate surface area is 359 Å². The van der Waals surface area contributed by atoms with E-state index in [1.54, 1.807) is 0 Å². The number of ether oxygens (including phenoxy) is 2. The third kappa shape index (κ3) is 29.1. The zero-order chi connectivity index (χ0) is 43.6. The van der Waals surface area contributed by atoms with Gasteiger partial charge in [0.05, 0.1) is 25.4 Å². The molecule has 0 spiro atoms. The van der Waals surface area contributed by atoms with Crippen molar-refractivity contribution in [2.75, 3.05) is 13.2 Å². The fraction of sp³-hybridized carbons (Fsp3) is 0.978. The van der Waals surface area contributed by atoms with E-state index in [9.17, 15) is 43.3 Å². The fourth-order valence-electron chi connectivity index (χ4n) is 7.94. The van der Waals surface area contributed by atoms with Crippen LogP contribution in [-0.4, -0.2) is 107 Å². The predicted molar refractivity (Wildman–Crippen MR) is 233 cm³/mol. The molecule has 0 aromatic heterocycles. The van der Waals surface area contributed by atoms with Crippen LogP contribution in [0.15, 0.2) is 0 Å². The van der Waals surface area contributed by atoms with Gasteiger partial charge in [0.25, 0.3) is 0 Å². The van der Waals surface area contributed by atoms with Gasteiger partial charge in [-0.3, -0.25) is 9.35 Å². The van der Waals surface area contributed by atoms with Crippen molar-refractivity contribution in [3.8, 4) is 0 Å². The summed E-state index contributed by atoms with van der Waals surface area (Å²) in [5.41, 5.74) is 0. The number of hydrogen-bond acceptors (Lipinski definition) is 11. The van der Waals surface area contributed by atoms with Gasteiger partial charge in [-0.1, -0.05) is 206 Å². The van der Waals surface area contributed by atoms with Gasteiger partial charge in [0.2, 0.25) is 5.91 Å². The lowest BCUT2D eigenvalue weighted by Crippen LogP contribution is -2.61. The van der Waals surface area contributed by atoms with Crippen LogP contribution in [0.25, 0.3) is 0 Å². The summed E-state index contributed by atoms with van der Waals surface area (Å²) in [5, 5.41) is 55.4. The van der Waals surface area contributed by atoms with Crippen LogP contribution in [0.5, 0.6) is 0 Å². The van der Waals surface area contributed by atoms with Gasteiger partial charge in [0.15, 0.2) is 6.29 Å². The number of hydrogen-bond donors (Lipinski definition) is 7. The van der Waals surface area contributed by atoms with E-state index in [1.807, 2.05) is 0 Å². The molecule has 8 unspecified atom stereocenters. The first-order valence-electron chi connectivity index (χ1n) is 24.0. The molecular weight excluding hydrogens is 779 g/mol. The molecule has 0 aliphatic carbocycles. The van der Waals surface area contributed by atoms with Crippen LogP contribution >= 0.6 is 0 Å². The summed E-state index contributed by atoms with van der Waals surface area (Å²) >= 11 is 0. The van der Waals surface area contributed by atoms with Crippen molar-refractivity contribution in [1.82, 2.24) is 5.32 Å². The van der Waals surface area contributed by atoms with E-state index in [2.05, 4.69) is 23.3 Å². The van der Waals surface area contributed by atoms with Crippen molar-refractivity contribution in [3.63, 3.8) is 0 Å². The Balaban J connectivity index is 2.52. The first kappa shape index (κ1) is 56.1. The molecule has 13 nitrogen and oxygen atoms in total. The van der Waals surface area contributed by atoms with Crippen molar-refractivity contribution in [2.45, 2.75) is 268 Å². The molecule has 352 valence electrons. The molecule has 1 aliphatic heterocycles. The highest BCUT2D eigenvalue weighted by atomic mass is 32.3. The maximum Gasteiger partial charge on any atom is 0.397 e. The first-order chi connectivity index (χ1) is 28.4. The van der Waals surface area contributed by atoms with Crippen molar-refractivity contribution in [2.24, 2.45) is 0 Å². The molecule has 59 heavy (non-hydrogen) atoms. The molecule has 0 saturated carbocycles. The number of nitrogens with one attached hydrogen (secondary N) is 1. The third-order valence-electron chi connectivity index (χ3n) is 11.8. The Morgan fingerprint density at radius 1 is 0.610 bits per heavy atom. The molecule has 7 N–H and O–H groups in total. The minimum atomic E-state index is -5.10. The maximum absolute atomic E-state index is 13.1. The number of aliphatic hydroxyl groups excluding tert-OH is 5. The highest BCUT2D eigenvalue weighted by Crippen LogP contribution is 2.26. The van der Waals surface area contributed by atoms with E-state index in [1.165, 1.54) is 141 Å². The first-order valence-corrected chi connectivity index (χ1v) is 25.4. The summed E-state index contributed by atoms with van der Waals surface area (Å²) in [6, 6.07) is -1.03. The highest BCUT2D eigenvalue weighted by molar-refractivity contribution is 7.80. The number of rotatable bonds is 41. The molecule has 1 saturated heterocycles. The van der Waals surface area contributed by atoms with Crippen molar-refractivity contribution < 1.29 is 57.0 Å². The lowest BCUT2D eigenvalue weighted by Gasteiger charge is -2.41. The Morgan fingerprint density at radius 2 is 0.983 bits per heavy atom. The maximum atomic E-state index is 13.1. The number of carbonyl (C=O) groups is 1. The molecule has 0 bridgehead atoms. The zero-order valence-corrected chi connectivity index (χ0v) is 38.0. The fourth-order valence-corrected chi connectivity index (χ4v) is 8.45. The summed E-state index contributed by atoms with van der Waals surface area (Å²) in [6.07, 6.45) is 25.7. The van der Waals surface area contributed by atoms with Crippen molar-refractivity contribution in [3.05, 3.63) is 0 Å². The van der Waals surface area contributed by atoms with Crippen LogP contribution in [0.3, 0.4) is 0 Å². The molecule has 14 heteroatoms. The average molecular weight is 868 g/mol. The van der Waals surface area contributed by atoms with Gasteiger partial charge in [0, 0.05) is 0 Å². The van der Waals surface area contributed by atoms with E-state index >= 15 is 0 Å². The third-order valence-corrected chi connectivity index (χ3v) is 12.2. The molecule has 0 aromatic rings. The van der Waals surface area contributed by atoms with Crippen molar-refractivity contribution in [1.29, 1.82) is 0 Å². The summed E-state index contributed by atoms with van der Waals surface area (Å²) in [5.74, 6) is -0.667. The van der Waals surface area contributed by atoms with Crippen LogP contribution in [0.1, 0.15) is 219 Å². The van der Waals surface area contributed by atoms with E-state index in [-0.39, 0.29) is 6.42 Å². The van der Waals surface area contributed by atoms with E-state index in [0.29, 0.717) is 19.3 Å². The van der Waals surface area contributed by atoms with Crippen LogP contribution in [0, 0.1) is 0 Å². The van der Waals surface area contributed by atoms with E-state index in [0.717, 1.165) is 38.5 Å². The standard InChI is InChI=1S/C45H89NO12S/c1-3-5-7-9-11-13-15-17-18-19-20-21-22-24-25-27-29-31-33-38(48)37(36-56-45-42(51)43(58-59(53,54)55)41(50)40(35-47)57-45)46-44(52)39(49)34-32-30-28-26-23-16-14-12-10-8-6-4-2/h37-43,45,47-51H,3-36H2,1-2H3,(H,46,52)(H,53,54,55). The second kappa shape index (κ2) is 36.5. The largest absolute Gasteiger partial charge is 0.397 e. The number of amides is 1. The molecule has 1 fully saturated rings. The molecule has 0 radical (unpaired) electrons. The molecular formula is C45H89NO12S. The Hall–Kier alpha value is -0.940. The van der Waals surface area contributed by atoms with Gasteiger partial charge in [-0.15, -0.1) is 0 Å². The normalized spacial score (nSPS) is 21.4. The Morgan fingerprint density at radius 3 is 1.36 bits per heavy atom. The topological polar surface area (TPSA) is 212 Å². The van der Waals surface area contributed by atoms with Gasteiger partial charge < -0.3 is 40.3 Å².